The van der Waals surface area contributed by atoms with Gasteiger partial charge in [0.05, 0.1) is 13.7 Å². The Labute approximate surface area is 125 Å². The highest BCUT2D eigenvalue weighted by atomic mass is 16.5. The first-order chi connectivity index (χ1) is 10.1. The number of carbonyl (C=O) groups excluding carboxylic acids is 2. The number of amides is 1. The highest BCUT2D eigenvalue weighted by molar-refractivity contribution is 5.94. The van der Waals surface area contributed by atoms with Crippen LogP contribution < -0.4 is 5.73 Å². The normalized spacial score (nSPS) is 9.48. The van der Waals surface area contributed by atoms with Crippen molar-refractivity contribution in [2.24, 2.45) is 5.73 Å². The maximum absolute atomic E-state index is 12.2. The van der Waals surface area contributed by atoms with Gasteiger partial charge in [0.2, 0.25) is 0 Å². The molecule has 0 atom stereocenters. The Morgan fingerprint density at radius 3 is 2.52 bits per heavy atom. The molecule has 0 saturated heterocycles. The predicted molar refractivity (Wildman–Crippen MR) is 80.6 cm³/mol. The molecule has 0 saturated carbocycles. The summed E-state index contributed by atoms with van der Waals surface area (Å²) in [5, 5.41) is 0. The molecule has 0 aliphatic heterocycles. The van der Waals surface area contributed by atoms with E-state index in [2.05, 4.69) is 16.6 Å². The average molecular weight is 288 g/mol. The molecule has 0 unspecified atom stereocenters. The molecule has 0 fully saturated rings. The summed E-state index contributed by atoms with van der Waals surface area (Å²) in [5.74, 6) is 5.31. The smallest absolute Gasteiger partial charge is 0.305 e. The SMILES string of the molecule is COC(=O)CCCN(C)C(=O)c1ccc(C#CCN)cc1. The molecule has 0 aliphatic carbocycles. The van der Waals surface area contributed by atoms with E-state index in [9.17, 15) is 9.59 Å². The molecule has 1 amide bonds. The standard InChI is InChI=1S/C16H20N2O3/c1-18(12-4-6-15(19)21-2)16(20)14-9-7-13(8-10-14)5-3-11-17/h7-10H,4,6,11-12,17H2,1-2H3. The molecule has 0 bridgehead atoms. The van der Waals surface area contributed by atoms with E-state index >= 15 is 0 Å². The van der Waals surface area contributed by atoms with E-state index in [0.717, 1.165) is 5.56 Å². The third-order valence-corrected chi connectivity index (χ3v) is 2.92. The minimum Gasteiger partial charge on any atom is -0.469 e. The van der Waals surface area contributed by atoms with Gasteiger partial charge in [-0.15, -0.1) is 0 Å². The van der Waals surface area contributed by atoms with Gasteiger partial charge in [0, 0.05) is 31.1 Å². The van der Waals surface area contributed by atoms with Crippen molar-refractivity contribution in [3.8, 4) is 11.8 Å². The fourth-order valence-electron chi connectivity index (χ4n) is 1.73. The molecule has 5 heteroatoms. The minimum atomic E-state index is -0.265. The summed E-state index contributed by atoms with van der Waals surface area (Å²) in [6, 6.07) is 7.05. The number of hydrogen-bond acceptors (Lipinski definition) is 4. The first-order valence-electron chi connectivity index (χ1n) is 6.69. The molecule has 1 aromatic rings. The quantitative estimate of drug-likeness (QED) is 0.648. The van der Waals surface area contributed by atoms with Crippen molar-refractivity contribution in [3.63, 3.8) is 0 Å². The molecule has 0 radical (unpaired) electrons. The average Bonchev–Trinajstić information content (AvgIpc) is 2.52. The van der Waals surface area contributed by atoms with Crippen molar-refractivity contribution >= 4 is 11.9 Å². The molecular weight excluding hydrogens is 268 g/mol. The van der Waals surface area contributed by atoms with Gasteiger partial charge in [-0.05, 0) is 30.7 Å². The van der Waals surface area contributed by atoms with Crippen LogP contribution in [0.5, 0.6) is 0 Å². The number of methoxy groups -OCH3 is 1. The molecule has 0 aliphatic rings. The van der Waals surface area contributed by atoms with Crippen molar-refractivity contribution in [1.29, 1.82) is 0 Å². The van der Waals surface area contributed by atoms with Crippen LogP contribution in [0.3, 0.4) is 0 Å². The summed E-state index contributed by atoms with van der Waals surface area (Å²) in [6.07, 6.45) is 0.886. The number of nitrogens with zero attached hydrogens (tertiary/aromatic N) is 1. The lowest BCUT2D eigenvalue weighted by Gasteiger charge is -2.16. The number of nitrogens with two attached hydrogens (primary N) is 1. The van der Waals surface area contributed by atoms with E-state index in [1.165, 1.54) is 7.11 Å². The van der Waals surface area contributed by atoms with Crippen LogP contribution in [-0.2, 0) is 9.53 Å². The van der Waals surface area contributed by atoms with Gasteiger partial charge in [0.1, 0.15) is 0 Å². The molecule has 0 aromatic heterocycles. The van der Waals surface area contributed by atoms with E-state index in [1.54, 1.807) is 36.2 Å². The van der Waals surface area contributed by atoms with Crippen LogP contribution in [0.2, 0.25) is 0 Å². The second kappa shape index (κ2) is 8.77. The van der Waals surface area contributed by atoms with Gasteiger partial charge in [-0.3, -0.25) is 9.59 Å². The summed E-state index contributed by atoms with van der Waals surface area (Å²) in [7, 11) is 3.06. The topological polar surface area (TPSA) is 72.6 Å². The Balaban J connectivity index is 2.55. The second-order valence-corrected chi connectivity index (χ2v) is 4.49. The molecule has 5 nitrogen and oxygen atoms in total. The van der Waals surface area contributed by atoms with Gasteiger partial charge in [-0.1, -0.05) is 11.8 Å². The zero-order valence-corrected chi connectivity index (χ0v) is 12.4. The number of benzene rings is 1. The molecular formula is C16H20N2O3. The first kappa shape index (κ1) is 16.7. The summed E-state index contributed by atoms with van der Waals surface area (Å²) in [4.78, 5) is 24.8. The van der Waals surface area contributed by atoms with Crippen LogP contribution in [0, 0.1) is 11.8 Å². The van der Waals surface area contributed by atoms with E-state index in [1.807, 2.05) is 0 Å². The van der Waals surface area contributed by atoms with Crippen LogP contribution in [0.15, 0.2) is 24.3 Å². The van der Waals surface area contributed by atoms with Crippen molar-refractivity contribution < 1.29 is 14.3 Å². The zero-order valence-electron chi connectivity index (χ0n) is 12.4. The number of ether oxygens (including phenoxy) is 1. The van der Waals surface area contributed by atoms with Gasteiger partial charge in [-0.25, -0.2) is 0 Å². The van der Waals surface area contributed by atoms with Crippen molar-refractivity contribution in [2.45, 2.75) is 12.8 Å². The Hall–Kier alpha value is -2.32. The van der Waals surface area contributed by atoms with Gasteiger partial charge in [-0.2, -0.15) is 0 Å². The Morgan fingerprint density at radius 1 is 1.29 bits per heavy atom. The lowest BCUT2D eigenvalue weighted by Crippen LogP contribution is -2.28. The summed E-state index contributed by atoms with van der Waals surface area (Å²) in [6.45, 7) is 0.812. The Morgan fingerprint density at radius 2 is 1.95 bits per heavy atom. The summed E-state index contributed by atoms with van der Waals surface area (Å²) >= 11 is 0. The van der Waals surface area contributed by atoms with Crippen molar-refractivity contribution in [2.75, 3.05) is 27.2 Å². The molecule has 1 aromatic carbocycles. The van der Waals surface area contributed by atoms with Crippen LogP contribution in [0.4, 0.5) is 0 Å². The maximum Gasteiger partial charge on any atom is 0.305 e. The second-order valence-electron chi connectivity index (χ2n) is 4.49. The van der Waals surface area contributed by atoms with Gasteiger partial charge in [0.25, 0.3) is 5.91 Å². The van der Waals surface area contributed by atoms with Crippen molar-refractivity contribution in [3.05, 3.63) is 35.4 Å². The highest BCUT2D eigenvalue weighted by Gasteiger charge is 2.11. The maximum atomic E-state index is 12.2. The summed E-state index contributed by atoms with van der Waals surface area (Å²) < 4.78 is 4.56. The van der Waals surface area contributed by atoms with Gasteiger partial charge < -0.3 is 15.4 Å². The minimum absolute atomic E-state index is 0.0850. The monoisotopic (exact) mass is 288 g/mol. The third kappa shape index (κ3) is 5.67. The largest absolute Gasteiger partial charge is 0.469 e. The molecule has 0 heterocycles. The fourth-order valence-corrected chi connectivity index (χ4v) is 1.73. The van der Waals surface area contributed by atoms with Gasteiger partial charge in [0.15, 0.2) is 0 Å². The molecule has 0 spiro atoms. The van der Waals surface area contributed by atoms with Crippen LogP contribution in [0.1, 0.15) is 28.8 Å². The highest BCUT2D eigenvalue weighted by Crippen LogP contribution is 2.07. The van der Waals surface area contributed by atoms with Crippen LogP contribution in [0.25, 0.3) is 0 Å². The van der Waals surface area contributed by atoms with E-state index in [4.69, 9.17) is 5.73 Å². The number of hydrogen-bond donors (Lipinski definition) is 1. The lowest BCUT2D eigenvalue weighted by atomic mass is 10.1. The van der Waals surface area contributed by atoms with Crippen molar-refractivity contribution in [1.82, 2.24) is 4.90 Å². The zero-order chi connectivity index (χ0) is 15.7. The Kier molecular flexibility index (Phi) is 6.99. The number of carbonyl (C=O) groups is 2. The molecule has 112 valence electrons. The lowest BCUT2D eigenvalue weighted by molar-refractivity contribution is -0.140. The van der Waals surface area contributed by atoms with E-state index in [-0.39, 0.29) is 11.9 Å². The van der Waals surface area contributed by atoms with E-state index < -0.39 is 0 Å². The predicted octanol–water partition coefficient (Wildman–Crippen LogP) is 1.02. The summed E-state index contributed by atoms with van der Waals surface area (Å²) in [5.41, 5.74) is 6.72. The van der Waals surface area contributed by atoms with Gasteiger partial charge >= 0.3 is 5.97 Å². The van der Waals surface area contributed by atoms with Crippen LogP contribution >= 0.6 is 0 Å². The molecule has 1 rings (SSSR count). The van der Waals surface area contributed by atoms with E-state index in [0.29, 0.717) is 31.5 Å². The fraction of sp³-hybridized carbons (Fsp3) is 0.375. The third-order valence-electron chi connectivity index (χ3n) is 2.92. The number of esters is 1. The molecule has 2 N–H and O–H groups in total. The van der Waals surface area contributed by atoms with Crippen LogP contribution in [-0.4, -0.2) is 44.0 Å². The Bertz CT molecular complexity index is 541. The first-order valence-corrected chi connectivity index (χ1v) is 6.69. The number of rotatable bonds is 5. The molecule has 21 heavy (non-hydrogen) atoms.